The standard InChI is InChI=1S/C10H11N5O3/c16-6(2-1-3-7(17)18)15-10-8-9(12-4-11-8)13-5-14-10/h4-5H,1-3H2,(H,17,18)(H2,11,12,13,14,15,16). The second-order valence-electron chi connectivity index (χ2n) is 3.62. The van der Waals surface area contributed by atoms with Crippen molar-refractivity contribution in [3.63, 3.8) is 0 Å². The van der Waals surface area contributed by atoms with Crippen LogP contribution in [0.3, 0.4) is 0 Å². The number of carboxylic acids is 1. The molecule has 8 nitrogen and oxygen atoms in total. The third-order valence-corrected chi connectivity index (χ3v) is 2.28. The lowest BCUT2D eigenvalue weighted by Crippen LogP contribution is -2.13. The number of fused-ring (bicyclic) bond motifs is 1. The van der Waals surface area contributed by atoms with Gasteiger partial charge in [0.25, 0.3) is 0 Å². The first-order valence-electron chi connectivity index (χ1n) is 5.32. The highest BCUT2D eigenvalue weighted by atomic mass is 16.4. The SMILES string of the molecule is O=C(O)CCCC(=O)Nc1ncnc2nc[nH]c12. The largest absolute Gasteiger partial charge is 0.481 e. The van der Waals surface area contributed by atoms with Gasteiger partial charge >= 0.3 is 5.97 Å². The Morgan fingerprint density at radius 3 is 2.89 bits per heavy atom. The highest BCUT2D eigenvalue weighted by molar-refractivity contribution is 5.96. The molecule has 2 rings (SSSR count). The van der Waals surface area contributed by atoms with Crippen molar-refractivity contribution in [2.75, 3.05) is 5.32 Å². The van der Waals surface area contributed by atoms with Crippen molar-refractivity contribution >= 4 is 28.9 Å². The summed E-state index contributed by atoms with van der Waals surface area (Å²) < 4.78 is 0. The van der Waals surface area contributed by atoms with Gasteiger partial charge in [-0.1, -0.05) is 0 Å². The van der Waals surface area contributed by atoms with Gasteiger partial charge in [-0.05, 0) is 6.42 Å². The molecular weight excluding hydrogens is 238 g/mol. The van der Waals surface area contributed by atoms with Crippen molar-refractivity contribution in [1.82, 2.24) is 19.9 Å². The molecule has 0 aliphatic heterocycles. The predicted molar refractivity (Wildman–Crippen MR) is 61.8 cm³/mol. The lowest BCUT2D eigenvalue weighted by Gasteiger charge is -2.03. The molecule has 8 heteroatoms. The Bertz CT molecular complexity index is 580. The van der Waals surface area contributed by atoms with Gasteiger partial charge < -0.3 is 15.4 Å². The van der Waals surface area contributed by atoms with E-state index in [-0.39, 0.29) is 18.7 Å². The van der Waals surface area contributed by atoms with Crippen LogP contribution in [0.2, 0.25) is 0 Å². The van der Waals surface area contributed by atoms with Crippen molar-refractivity contribution in [2.45, 2.75) is 19.3 Å². The zero-order valence-electron chi connectivity index (χ0n) is 9.38. The van der Waals surface area contributed by atoms with Gasteiger partial charge in [0.1, 0.15) is 11.8 Å². The van der Waals surface area contributed by atoms with E-state index in [1.807, 2.05) is 0 Å². The maximum Gasteiger partial charge on any atom is 0.303 e. The molecule has 2 heterocycles. The fourth-order valence-corrected chi connectivity index (χ4v) is 1.45. The number of aliphatic carboxylic acids is 1. The van der Waals surface area contributed by atoms with Crippen molar-refractivity contribution < 1.29 is 14.7 Å². The first-order valence-corrected chi connectivity index (χ1v) is 5.32. The summed E-state index contributed by atoms with van der Waals surface area (Å²) >= 11 is 0. The summed E-state index contributed by atoms with van der Waals surface area (Å²) in [4.78, 5) is 36.5. The third kappa shape index (κ3) is 2.78. The molecule has 0 radical (unpaired) electrons. The van der Waals surface area contributed by atoms with Crippen LogP contribution in [0.1, 0.15) is 19.3 Å². The molecule has 1 amide bonds. The lowest BCUT2D eigenvalue weighted by atomic mass is 10.2. The van der Waals surface area contributed by atoms with E-state index < -0.39 is 5.97 Å². The Morgan fingerprint density at radius 1 is 1.28 bits per heavy atom. The van der Waals surface area contributed by atoms with Crippen LogP contribution in [0, 0.1) is 0 Å². The van der Waals surface area contributed by atoms with E-state index in [1.165, 1.54) is 12.7 Å². The molecule has 0 fully saturated rings. The number of nitrogens with zero attached hydrogens (tertiary/aromatic N) is 3. The number of aromatic amines is 1. The van der Waals surface area contributed by atoms with Gasteiger partial charge in [-0.15, -0.1) is 0 Å². The molecule has 3 N–H and O–H groups in total. The normalized spacial score (nSPS) is 10.4. The quantitative estimate of drug-likeness (QED) is 0.711. The average molecular weight is 249 g/mol. The number of carbonyl (C=O) groups is 2. The second-order valence-corrected chi connectivity index (χ2v) is 3.62. The maximum absolute atomic E-state index is 11.6. The molecule has 2 aromatic heterocycles. The molecule has 0 saturated heterocycles. The Labute approximate surface area is 101 Å². The van der Waals surface area contributed by atoms with Gasteiger partial charge in [0.05, 0.1) is 6.33 Å². The van der Waals surface area contributed by atoms with Crippen LogP contribution in [0.25, 0.3) is 11.2 Å². The van der Waals surface area contributed by atoms with Crippen LogP contribution in [0.5, 0.6) is 0 Å². The van der Waals surface area contributed by atoms with Gasteiger partial charge in [-0.25, -0.2) is 15.0 Å². The zero-order chi connectivity index (χ0) is 13.0. The van der Waals surface area contributed by atoms with Crippen molar-refractivity contribution in [1.29, 1.82) is 0 Å². The number of aromatic nitrogens is 4. The monoisotopic (exact) mass is 249 g/mol. The van der Waals surface area contributed by atoms with Crippen LogP contribution in [0.15, 0.2) is 12.7 Å². The van der Waals surface area contributed by atoms with Gasteiger partial charge in [-0.3, -0.25) is 9.59 Å². The molecule has 0 saturated carbocycles. The molecule has 18 heavy (non-hydrogen) atoms. The number of carboxylic acid groups (broad SMARTS) is 1. The fourth-order valence-electron chi connectivity index (χ4n) is 1.45. The van der Waals surface area contributed by atoms with E-state index in [0.29, 0.717) is 23.4 Å². The van der Waals surface area contributed by atoms with Crippen molar-refractivity contribution in [3.8, 4) is 0 Å². The number of anilines is 1. The Balaban J connectivity index is 1.98. The number of hydrogen-bond acceptors (Lipinski definition) is 5. The van der Waals surface area contributed by atoms with E-state index in [0.717, 1.165) is 0 Å². The number of nitrogens with one attached hydrogen (secondary N) is 2. The minimum absolute atomic E-state index is 0.0311. The first kappa shape index (κ1) is 12.0. The van der Waals surface area contributed by atoms with E-state index in [4.69, 9.17) is 5.11 Å². The fraction of sp³-hybridized carbons (Fsp3) is 0.300. The Hall–Kier alpha value is -2.51. The number of rotatable bonds is 5. The topological polar surface area (TPSA) is 121 Å². The first-order chi connectivity index (χ1) is 8.66. The van der Waals surface area contributed by atoms with Crippen LogP contribution in [0.4, 0.5) is 5.82 Å². The minimum atomic E-state index is -0.916. The van der Waals surface area contributed by atoms with Crippen LogP contribution in [-0.2, 0) is 9.59 Å². The molecule has 2 aromatic rings. The molecule has 0 aromatic carbocycles. The molecular formula is C10H11N5O3. The van der Waals surface area contributed by atoms with Crippen molar-refractivity contribution in [3.05, 3.63) is 12.7 Å². The highest BCUT2D eigenvalue weighted by Crippen LogP contribution is 2.14. The minimum Gasteiger partial charge on any atom is -0.481 e. The summed E-state index contributed by atoms with van der Waals surface area (Å²) in [6.45, 7) is 0. The molecule has 94 valence electrons. The molecule has 0 spiro atoms. The average Bonchev–Trinajstić information content (AvgIpc) is 2.77. The molecule has 0 aliphatic carbocycles. The number of imidazole rings is 1. The Morgan fingerprint density at radius 2 is 2.11 bits per heavy atom. The lowest BCUT2D eigenvalue weighted by molar-refractivity contribution is -0.137. The number of carbonyl (C=O) groups excluding carboxylic acids is 1. The highest BCUT2D eigenvalue weighted by Gasteiger charge is 2.09. The van der Waals surface area contributed by atoms with E-state index >= 15 is 0 Å². The number of hydrogen-bond donors (Lipinski definition) is 3. The molecule has 0 bridgehead atoms. The zero-order valence-corrected chi connectivity index (χ0v) is 9.38. The second kappa shape index (κ2) is 5.21. The van der Waals surface area contributed by atoms with Gasteiger partial charge in [-0.2, -0.15) is 0 Å². The summed E-state index contributed by atoms with van der Waals surface area (Å²) in [5.74, 6) is -0.857. The number of amides is 1. The summed E-state index contributed by atoms with van der Waals surface area (Å²) in [7, 11) is 0. The van der Waals surface area contributed by atoms with Crippen LogP contribution < -0.4 is 5.32 Å². The third-order valence-electron chi connectivity index (χ3n) is 2.28. The van der Waals surface area contributed by atoms with Gasteiger partial charge in [0.15, 0.2) is 11.5 Å². The van der Waals surface area contributed by atoms with E-state index in [2.05, 4.69) is 25.3 Å². The smallest absolute Gasteiger partial charge is 0.303 e. The molecule has 0 atom stereocenters. The molecule has 0 unspecified atom stereocenters. The van der Waals surface area contributed by atoms with Crippen LogP contribution >= 0.6 is 0 Å². The number of H-pyrrole nitrogens is 1. The van der Waals surface area contributed by atoms with Gasteiger partial charge in [0.2, 0.25) is 5.91 Å². The molecule has 0 aliphatic rings. The predicted octanol–water partition coefficient (Wildman–Crippen LogP) is 0.546. The van der Waals surface area contributed by atoms with E-state index in [9.17, 15) is 9.59 Å². The van der Waals surface area contributed by atoms with Crippen molar-refractivity contribution in [2.24, 2.45) is 0 Å². The van der Waals surface area contributed by atoms with Crippen LogP contribution in [-0.4, -0.2) is 36.9 Å². The van der Waals surface area contributed by atoms with E-state index in [1.54, 1.807) is 0 Å². The Kier molecular flexibility index (Phi) is 3.46. The summed E-state index contributed by atoms with van der Waals surface area (Å²) in [5.41, 5.74) is 1.01. The summed E-state index contributed by atoms with van der Waals surface area (Å²) in [6, 6.07) is 0. The summed E-state index contributed by atoms with van der Waals surface area (Å²) in [6.07, 6.45) is 3.15. The maximum atomic E-state index is 11.6. The summed E-state index contributed by atoms with van der Waals surface area (Å²) in [5, 5.41) is 11.1. The van der Waals surface area contributed by atoms with Gasteiger partial charge in [0, 0.05) is 12.8 Å².